The average Bonchev–Trinajstić information content (AvgIpc) is 2.78. The van der Waals surface area contributed by atoms with Crippen molar-refractivity contribution in [2.24, 2.45) is 5.92 Å². The average molecular weight is 363 g/mol. The zero-order chi connectivity index (χ0) is 16.6. The number of hydrogen-bond donors (Lipinski definition) is 0. The van der Waals surface area contributed by atoms with Gasteiger partial charge < -0.3 is 4.57 Å². The predicted octanol–water partition coefficient (Wildman–Crippen LogP) is 6.44. The van der Waals surface area contributed by atoms with Gasteiger partial charge in [0.05, 0.1) is 11.2 Å². The van der Waals surface area contributed by atoms with E-state index in [1.165, 1.54) is 28.6 Å². The van der Waals surface area contributed by atoms with E-state index in [-0.39, 0.29) is 12.4 Å². The maximum absolute atomic E-state index is 6.04. The molecule has 2 heterocycles. The number of aromatic nitrogens is 2. The monoisotopic (exact) mass is 362 g/mol. The molecule has 0 bridgehead atoms. The molecule has 0 saturated heterocycles. The van der Waals surface area contributed by atoms with Crippen molar-refractivity contribution in [1.29, 1.82) is 0 Å². The summed E-state index contributed by atoms with van der Waals surface area (Å²) in [4.78, 5) is 4.69. The Bertz CT molecular complexity index is 833. The van der Waals surface area contributed by atoms with E-state index in [9.17, 15) is 0 Å². The van der Waals surface area contributed by atoms with Crippen LogP contribution in [0.3, 0.4) is 0 Å². The van der Waals surface area contributed by atoms with E-state index in [1.807, 2.05) is 18.3 Å². The van der Waals surface area contributed by atoms with Crippen molar-refractivity contribution in [2.75, 3.05) is 0 Å². The van der Waals surface area contributed by atoms with Crippen LogP contribution in [-0.2, 0) is 6.54 Å². The van der Waals surface area contributed by atoms with Crippen molar-refractivity contribution in [3.05, 3.63) is 52.8 Å². The molecule has 0 unspecified atom stereocenters. The van der Waals surface area contributed by atoms with E-state index >= 15 is 0 Å². The molecule has 0 spiro atoms. The van der Waals surface area contributed by atoms with Gasteiger partial charge in [0.2, 0.25) is 0 Å². The Morgan fingerprint density at radius 2 is 1.75 bits per heavy atom. The highest BCUT2D eigenvalue weighted by atomic mass is 35.5. The Kier molecular flexibility index (Phi) is 5.95. The first-order chi connectivity index (χ1) is 11.0. The zero-order valence-corrected chi connectivity index (χ0v) is 16.2. The second kappa shape index (κ2) is 7.58. The van der Waals surface area contributed by atoms with Crippen molar-refractivity contribution in [2.45, 2.75) is 40.7 Å². The smallest absolute Gasteiger partial charge is 0.0944 e. The fraction of sp³-hybridized carbons (Fsp3) is 0.350. The molecule has 128 valence electrons. The highest BCUT2D eigenvalue weighted by Crippen LogP contribution is 2.33. The first-order valence-electron chi connectivity index (χ1n) is 8.19. The fourth-order valence-electron chi connectivity index (χ4n) is 3.08. The molecule has 0 aliphatic carbocycles. The van der Waals surface area contributed by atoms with Crippen LogP contribution in [-0.4, -0.2) is 9.55 Å². The number of aryl methyl sites for hydroxylation is 2. The van der Waals surface area contributed by atoms with E-state index < -0.39 is 0 Å². The summed E-state index contributed by atoms with van der Waals surface area (Å²) in [6.45, 7) is 9.98. The standard InChI is InChI=1S/C20H23ClN2.ClH/c1-13(2)10-12-23-15(4)14(3)18-9-11-22-19(20(18)23)16-5-7-17(21)8-6-16;/h5-9,11,13H,10,12H2,1-4H3;1H. The van der Waals surface area contributed by atoms with E-state index in [4.69, 9.17) is 11.6 Å². The molecule has 0 saturated carbocycles. The van der Waals surface area contributed by atoms with Gasteiger partial charge in [-0.3, -0.25) is 4.98 Å². The van der Waals surface area contributed by atoms with E-state index in [0.717, 1.165) is 22.8 Å². The number of hydrogen-bond acceptors (Lipinski definition) is 1. The van der Waals surface area contributed by atoms with E-state index in [1.54, 1.807) is 0 Å². The lowest BCUT2D eigenvalue weighted by Crippen LogP contribution is -2.04. The summed E-state index contributed by atoms with van der Waals surface area (Å²) in [5, 5.41) is 2.05. The highest BCUT2D eigenvalue weighted by Gasteiger charge is 2.16. The lowest BCUT2D eigenvalue weighted by Gasteiger charge is -2.13. The normalized spacial score (nSPS) is 11.1. The van der Waals surface area contributed by atoms with Crippen LogP contribution in [0.25, 0.3) is 22.2 Å². The van der Waals surface area contributed by atoms with Crippen LogP contribution >= 0.6 is 24.0 Å². The Hall–Kier alpha value is -1.51. The molecule has 4 heteroatoms. The maximum atomic E-state index is 6.04. The van der Waals surface area contributed by atoms with Crippen molar-refractivity contribution in [1.82, 2.24) is 9.55 Å². The van der Waals surface area contributed by atoms with Crippen molar-refractivity contribution < 1.29 is 0 Å². The van der Waals surface area contributed by atoms with Crippen LogP contribution in [0.15, 0.2) is 36.5 Å². The first-order valence-corrected chi connectivity index (χ1v) is 8.57. The fourth-order valence-corrected chi connectivity index (χ4v) is 3.21. The molecule has 3 rings (SSSR count). The Morgan fingerprint density at radius 1 is 1.08 bits per heavy atom. The summed E-state index contributed by atoms with van der Waals surface area (Å²) < 4.78 is 2.43. The summed E-state index contributed by atoms with van der Waals surface area (Å²) in [6, 6.07) is 10.1. The summed E-state index contributed by atoms with van der Waals surface area (Å²) in [6.07, 6.45) is 3.07. The van der Waals surface area contributed by atoms with Crippen molar-refractivity contribution in [3.63, 3.8) is 0 Å². The molecular weight excluding hydrogens is 339 g/mol. The number of pyridine rings is 1. The van der Waals surface area contributed by atoms with Gasteiger partial charge in [0.25, 0.3) is 0 Å². The van der Waals surface area contributed by atoms with Gasteiger partial charge in [-0.25, -0.2) is 0 Å². The lowest BCUT2D eigenvalue weighted by atomic mass is 10.1. The number of nitrogens with zero attached hydrogens (tertiary/aromatic N) is 2. The minimum atomic E-state index is 0. The molecular formula is C20H24Cl2N2. The van der Waals surface area contributed by atoms with E-state index in [0.29, 0.717) is 5.92 Å². The second-order valence-electron chi connectivity index (χ2n) is 6.61. The van der Waals surface area contributed by atoms with Crippen LogP contribution in [0.1, 0.15) is 31.5 Å². The van der Waals surface area contributed by atoms with E-state index in [2.05, 4.69) is 55.4 Å². The summed E-state index contributed by atoms with van der Waals surface area (Å²) in [5.41, 5.74) is 6.08. The van der Waals surface area contributed by atoms with Gasteiger partial charge in [0.1, 0.15) is 0 Å². The van der Waals surface area contributed by atoms with Crippen molar-refractivity contribution in [3.8, 4) is 11.3 Å². The molecule has 3 aromatic rings. The number of benzene rings is 1. The molecule has 0 atom stereocenters. The molecule has 1 aromatic carbocycles. The van der Waals surface area contributed by atoms with Crippen molar-refractivity contribution >= 4 is 34.9 Å². The van der Waals surface area contributed by atoms with Gasteiger partial charge >= 0.3 is 0 Å². The Morgan fingerprint density at radius 3 is 2.38 bits per heavy atom. The molecule has 24 heavy (non-hydrogen) atoms. The maximum Gasteiger partial charge on any atom is 0.0944 e. The predicted molar refractivity (Wildman–Crippen MR) is 106 cm³/mol. The molecule has 0 amide bonds. The number of rotatable bonds is 4. The quantitative estimate of drug-likeness (QED) is 0.521. The zero-order valence-electron chi connectivity index (χ0n) is 14.6. The van der Waals surface area contributed by atoms with Crippen LogP contribution < -0.4 is 0 Å². The molecule has 2 aromatic heterocycles. The second-order valence-corrected chi connectivity index (χ2v) is 7.04. The Labute approximate surface area is 155 Å². The van der Waals surface area contributed by atoms with Gasteiger partial charge in [0.15, 0.2) is 0 Å². The van der Waals surface area contributed by atoms with Crippen LogP contribution in [0.2, 0.25) is 5.02 Å². The largest absolute Gasteiger partial charge is 0.343 e. The third-order valence-electron chi connectivity index (χ3n) is 4.59. The van der Waals surface area contributed by atoms with Gasteiger partial charge in [-0.2, -0.15) is 0 Å². The molecule has 0 N–H and O–H groups in total. The number of fused-ring (bicyclic) bond motifs is 1. The van der Waals surface area contributed by atoms with Gasteiger partial charge in [-0.15, -0.1) is 12.4 Å². The van der Waals surface area contributed by atoms with Crippen LogP contribution in [0.4, 0.5) is 0 Å². The molecule has 0 radical (unpaired) electrons. The minimum absolute atomic E-state index is 0. The van der Waals surface area contributed by atoms with Gasteiger partial charge in [-0.1, -0.05) is 37.6 Å². The third kappa shape index (κ3) is 3.45. The molecule has 0 fully saturated rings. The lowest BCUT2D eigenvalue weighted by molar-refractivity contribution is 0.519. The molecule has 0 aliphatic rings. The number of halogens is 2. The summed E-state index contributed by atoms with van der Waals surface area (Å²) >= 11 is 6.04. The summed E-state index contributed by atoms with van der Waals surface area (Å²) in [7, 11) is 0. The Balaban J connectivity index is 0.00000208. The van der Waals surface area contributed by atoms with Crippen LogP contribution in [0.5, 0.6) is 0 Å². The first kappa shape index (κ1) is 18.8. The minimum Gasteiger partial charge on any atom is -0.343 e. The third-order valence-corrected chi connectivity index (χ3v) is 4.85. The highest BCUT2D eigenvalue weighted by molar-refractivity contribution is 6.30. The van der Waals surface area contributed by atoms with Gasteiger partial charge in [-0.05, 0) is 49.9 Å². The summed E-state index contributed by atoms with van der Waals surface area (Å²) in [5.74, 6) is 0.683. The van der Waals surface area contributed by atoms with Crippen LogP contribution in [0, 0.1) is 19.8 Å². The molecule has 2 nitrogen and oxygen atoms in total. The SMILES string of the molecule is Cc1c(C)n(CCC(C)C)c2c(-c3ccc(Cl)cc3)nccc12.Cl. The van der Waals surface area contributed by atoms with Gasteiger partial charge in [0, 0.05) is 34.4 Å². The molecule has 0 aliphatic heterocycles. The topological polar surface area (TPSA) is 17.8 Å².